The minimum atomic E-state index is -0.838. The molecule has 0 aromatic heterocycles. The third kappa shape index (κ3) is 1.96. The van der Waals surface area contributed by atoms with Gasteiger partial charge in [-0.25, -0.2) is 8.78 Å². The molecule has 0 aliphatic rings. The average molecular weight is 199 g/mol. The van der Waals surface area contributed by atoms with Crippen LogP contribution < -0.4 is 5.73 Å². The molecular formula is C10H11F2NO. The van der Waals surface area contributed by atoms with E-state index in [1.54, 1.807) is 0 Å². The number of halogens is 2. The van der Waals surface area contributed by atoms with Crippen LogP contribution in [0.2, 0.25) is 0 Å². The van der Waals surface area contributed by atoms with Crippen molar-refractivity contribution in [1.29, 1.82) is 0 Å². The first kappa shape index (κ1) is 10.8. The maximum atomic E-state index is 13.1. The van der Waals surface area contributed by atoms with Crippen LogP contribution in [-0.2, 0) is 0 Å². The summed E-state index contributed by atoms with van der Waals surface area (Å²) in [7, 11) is 0. The minimum absolute atomic E-state index is 0.0760. The SMILES string of the molecule is CC(CN)C(=O)c1c(F)cccc1F. The van der Waals surface area contributed by atoms with Crippen LogP contribution in [0, 0.1) is 17.6 Å². The number of Topliss-reactive ketones (excluding diaryl/α,β-unsaturated/α-hetero) is 1. The van der Waals surface area contributed by atoms with Crippen LogP contribution in [0.4, 0.5) is 8.78 Å². The average Bonchev–Trinajstić information content (AvgIpc) is 2.16. The normalized spacial score (nSPS) is 12.6. The molecule has 0 saturated heterocycles. The smallest absolute Gasteiger partial charge is 0.172 e. The van der Waals surface area contributed by atoms with Crippen molar-refractivity contribution < 1.29 is 13.6 Å². The fourth-order valence-corrected chi connectivity index (χ4v) is 1.09. The van der Waals surface area contributed by atoms with Gasteiger partial charge in [0.25, 0.3) is 0 Å². The molecule has 4 heteroatoms. The van der Waals surface area contributed by atoms with Gasteiger partial charge >= 0.3 is 0 Å². The van der Waals surface area contributed by atoms with Gasteiger partial charge in [-0.15, -0.1) is 0 Å². The van der Waals surface area contributed by atoms with Crippen molar-refractivity contribution in [3.05, 3.63) is 35.4 Å². The molecule has 1 aromatic carbocycles. The molecule has 0 bridgehead atoms. The first-order chi connectivity index (χ1) is 6.57. The van der Waals surface area contributed by atoms with Crippen molar-refractivity contribution in [3.8, 4) is 0 Å². The summed E-state index contributed by atoms with van der Waals surface area (Å²) in [6.45, 7) is 1.61. The lowest BCUT2D eigenvalue weighted by molar-refractivity contribution is 0.0925. The van der Waals surface area contributed by atoms with E-state index >= 15 is 0 Å². The van der Waals surface area contributed by atoms with Gasteiger partial charge in [-0.3, -0.25) is 4.79 Å². The molecule has 0 saturated carbocycles. The van der Waals surface area contributed by atoms with Gasteiger partial charge in [0.15, 0.2) is 5.78 Å². The Bertz CT molecular complexity index is 332. The monoisotopic (exact) mass is 199 g/mol. The predicted octanol–water partition coefficient (Wildman–Crippen LogP) is 1.74. The van der Waals surface area contributed by atoms with Crippen LogP contribution in [0.15, 0.2) is 18.2 Å². The lowest BCUT2D eigenvalue weighted by Gasteiger charge is -2.08. The molecule has 0 spiro atoms. The predicted molar refractivity (Wildman–Crippen MR) is 48.9 cm³/mol. The van der Waals surface area contributed by atoms with Gasteiger partial charge in [0.1, 0.15) is 11.6 Å². The highest BCUT2D eigenvalue weighted by Gasteiger charge is 2.21. The van der Waals surface area contributed by atoms with Crippen LogP contribution in [0.5, 0.6) is 0 Å². The second-order valence-corrected chi connectivity index (χ2v) is 3.10. The van der Waals surface area contributed by atoms with Crippen molar-refractivity contribution in [2.45, 2.75) is 6.92 Å². The van der Waals surface area contributed by atoms with E-state index in [0.29, 0.717) is 0 Å². The van der Waals surface area contributed by atoms with Gasteiger partial charge in [0.05, 0.1) is 5.56 Å². The fourth-order valence-electron chi connectivity index (χ4n) is 1.09. The van der Waals surface area contributed by atoms with E-state index in [9.17, 15) is 13.6 Å². The van der Waals surface area contributed by atoms with E-state index in [1.165, 1.54) is 13.0 Å². The van der Waals surface area contributed by atoms with Crippen LogP contribution in [0.3, 0.4) is 0 Å². The van der Waals surface area contributed by atoms with E-state index in [2.05, 4.69) is 0 Å². The van der Waals surface area contributed by atoms with Crippen molar-refractivity contribution in [3.63, 3.8) is 0 Å². The zero-order chi connectivity index (χ0) is 10.7. The van der Waals surface area contributed by atoms with Crippen molar-refractivity contribution in [2.75, 3.05) is 6.54 Å². The summed E-state index contributed by atoms with van der Waals surface area (Å²) in [6, 6.07) is 3.33. The maximum Gasteiger partial charge on any atom is 0.172 e. The lowest BCUT2D eigenvalue weighted by Crippen LogP contribution is -2.22. The summed E-state index contributed by atoms with van der Waals surface area (Å²) in [5.74, 6) is -2.84. The summed E-state index contributed by atoms with van der Waals surface area (Å²) < 4.78 is 26.2. The molecule has 1 atom stereocenters. The largest absolute Gasteiger partial charge is 0.330 e. The molecule has 76 valence electrons. The molecule has 0 aliphatic heterocycles. The third-order valence-electron chi connectivity index (χ3n) is 2.01. The number of carbonyl (C=O) groups excluding carboxylic acids is 1. The first-order valence-corrected chi connectivity index (χ1v) is 4.26. The van der Waals surface area contributed by atoms with E-state index in [0.717, 1.165) is 12.1 Å². The molecule has 0 fully saturated rings. The van der Waals surface area contributed by atoms with Gasteiger partial charge in [0.2, 0.25) is 0 Å². The topological polar surface area (TPSA) is 43.1 Å². The minimum Gasteiger partial charge on any atom is -0.330 e. The van der Waals surface area contributed by atoms with Gasteiger partial charge < -0.3 is 5.73 Å². The van der Waals surface area contributed by atoms with Crippen LogP contribution in [-0.4, -0.2) is 12.3 Å². The quantitative estimate of drug-likeness (QED) is 0.753. The Hall–Kier alpha value is -1.29. The molecule has 0 heterocycles. The number of hydrogen-bond acceptors (Lipinski definition) is 2. The Morgan fingerprint density at radius 3 is 2.36 bits per heavy atom. The number of carbonyl (C=O) groups is 1. The molecule has 2 N–H and O–H groups in total. The molecule has 14 heavy (non-hydrogen) atoms. The summed E-state index contributed by atoms with van der Waals surface area (Å²) in [4.78, 5) is 11.5. The van der Waals surface area contributed by atoms with Crippen LogP contribution in [0.25, 0.3) is 0 Å². The summed E-state index contributed by atoms with van der Waals surface area (Å²) in [6.07, 6.45) is 0. The fraction of sp³-hybridized carbons (Fsp3) is 0.300. The van der Waals surface area contributed by atoms with Gasteiger partial charge in [-0.2, -0.15) is 0 Å². The molecule has 0 aliphatic carbocycles. The van der Waals surface area contributed by atoms with E-state index in [4.69, 9.17) is 5.73 Å². The number of rotatable bonds is 3. The molecular weight excluding hydrogens is 188 g/mol. The van der Waals surface area contributed by atoms with E-state index in [1.807, 2.05) is 0 Å². The molecule has 2 nitrogen and oxygen atoms in total. The molecule has 1 rings (SSSR count). The van der Waals surface area contributed by atoms with E-state index in [-0.39, 0.29) is 6.54 Å². The van der Waals surface area contributed by atoms with E-state index < -0.39 is 28.9 Å². The summed E-state index contributed by atoms with van der Waals surface area (Å²) in [5.41, 5.74) is 4.75. The Kier molecular flexibility index (Phi) is 3.30. The zero-order valence-electron chi connectivity index (χ0n) is 7.76. The standard InChI is InChI=1S/C10H11F2NO/c1-6(5-13)10(14)9-7(11)3-2-4-8(9)12/h2-4,6H,5,13H2,1H3. The third-order valence-corrected chi connectivity index (χ3v) is 2.01. The molecule has 1 aromatic rings. The second-order valence-electron chi connectivity index (χ2n) is 3.10. The van der Waals surface area contributed by atoms with Crippen molar-refractivity contribution in [1.82, 2.24) is 0 Å². The molecule has 0 amide bonds. The van der Waals surface area contributed by atoms with Gasteiger partial charge in [-0.05, 0) is 12.1 Å². The van der Waals surface area contributed by atoms with Gasteiger partial charge in [0, 0.05) is 12.5 Å². The lowest BCUT2D eigenvalue weighted by atomic mass is 9.99. The van der Waals surface area contributed by atoms with Crippen molar-refractivity contribution in [2.24, 2.45) is 11.7 Å². The Morgan fingerprint density at radius 1 is 1.43 bits per heavy atom. The van der Waals surface area contributed by atoms with Crippen LogP contribution >= 0.6 is 0 Å². The number of nitrogens with two attached hydrogens (primary N) is 1. The Balaban J connectivity index is 3.12. The second kappa shape index (κ2) is 4.28. The molecule has 0 radical (unpaired) electrons. The maximum absolute atomic E-state index is 13.1. The highest BCUT2D eigenvalue weighted by atomic mass is 19.1. The summed E-state index contributed by atoms with van der Waals surface area (Å²) >= 11 is 0. The number of benzene rings is 1. The highest BCUT2D eigenvalue weighted by Crippen LogP contribution is 2.16. The van der Waals surface area contributed by atoms with Crippen LogP contribution in [0.1, 0.15) is 17.3 Å². The summed E-state index contributed by atoms with van der Waals surface area (Å²) in [5, 5.41) is 0. The highest BCUT2D eigenvalue weighted by molar-refractivity contribution is 5.98. The number of hydrogen-bond donors (Lipinski definition) is 1. The first-order valence-electron chi connectivity index (χ1n) is 4.26. The Morgan fingerprint density at radius 2 is 1.93 bits per heavy atom. The van der Waals surface area contributed by atoms with Crippen molar-refractivity contribution >= 4 is 5.78 Å². The number of ketones is 1. The zero-order valence-corrected chi connectivity index (χ0v) is 7.76. The Labute approximate surface area is 80.7 Å². The molecule has 1 unspecified atom stereocenters. The van der Waals surface area contributed by atoms with Gasteiger partial charge in [-0.1, -0.05) is 13.0 Å².